The van der Waals surface area contributed by atoms with E-state index in [0.717, 1.165) is 16.1 Å². The molecule has 0 bridgehead atoms. The van der Waals surface area contributed by atoms with Crippen molar-refractivity contribution in [2.24, 2.45) is 0 Å². The second kappa shape index (κ2) is 9.84. The molecule has 2 aromatic rings. The quantitative estimate of drug-likeness (QED) is 0.606. The molecule has 0 saturated heterocycles. The van der Waals surface area contributed by atoms with Crippen LogP contribution in [0.4, 0.5) is 5.69 Å². The fraction of sp³-hybridized carbons (Fsp3) is 0.350. The van der Waals surface area contributed by atoms with Gasteiger partial charge in [0.1, 0.15) is 18.1 Å². The summed E-state index contributed by atoms with van der Waals surface area (Å²) in [6.07, 6.45) is 0.406. The van der Waals surface area contributed by atoms with E-state index in [1.807, 2.05) is 19.1 Å². The highest BCUT2D eigenvalue weighted by atomic mass is 35.5. The lowest BCUT2D eigenvalue weighted by Crippen LogP contribution is -2.38. The number of rotatable bonds is 9. The normalized spacial score (nSPS) is 12.2. The molecule has 1 unspecified atom stereocenters. The van der Waals surface area contributed by atoms with E-state index in [1.54, 1.807) is 37.3 Å². The second-order valence-electron chi connectivity index (χ2n) is 6.53. The number of carbonyl (C=O) groups is 1. The molecule has 0 saturated carbocycles. The van der Waals surface area contributed by atoms with Gasteiger partial charge < -0.3 is 14.8 Å². The predicted octanol–water partition coefficient (Wildman–Crippen LogP) is 3.01. The minimum absolute atomic E-state index is 0.284. The molecule has 9 heteroatoms. The lowest BCUT2D eigenvalue weighted by atomic mass is 10.2. The summed E-state index contributed by atoms with van der Waals surface area (Å²) in [5.41, 5.74) is 1.47. The lowest BCUT2D eigenvalue weighted by Gasteiger charge is -2.18. The Bertz CT molecular complexity index is 948. The maximum atomic E-state index is 12.2. The molecule has 29 heavy (non-hydrogen) atoms. The van der Waals surface area contributed by atoms with Crippen molar-refractivity contribution in [2.75, 3.05) is 30.8 Å². The molecule has 2 aromatic carbocycles. The van der Waals surface area contributed by atoms with Crippen LogP contribution >= 0.6 is 11.6 Å². The smallest absolute Gasteiger partial charge is 0.260 e. The van der Waals surface area contributed by atoms with Crippen LogP contribution < -0.4 is 19.1 Å². The van der Waals surface area contributed by atoms with Crippen LogP contribution in [0.25, 0.3) is 0 Å². The highest BCUT2D eigenvalue weighted by Crippen LogP contribution is 2.22. The summed E-state index contributed by atoms with van der Waals surface area (Å²) in [6.45, 7) is 4.15. The summed E-state index contributed by atoms with van der Waals surface area (Å²) >= 11 is 6.05. The van der Waals surface area contributed by atoms with Gasteiger partial charge in [0.25, 0.3) is 5.91 Å². The van der Waals surface area contributed by atoms with Crippen LogP contribution in [0.1, 0.15) is 12.5 Å². The van der Waals surface area contributed by atoms with Crippen LogP contribution in [-0.4, -0.2) is 46.9 Å². The van der Waals surface area contributed by atoms with Gasteiger partial charge in [-0.15, -0.1) is 0 Å². The third-order valence-electron chi connectivity index (χ3n) is 4.19. The van der Waals surface area contributed by atoms with Gasteiger partial charge in [-0.2, -0.15) is 0 Å². The number of ether oxygens (including phenoxy) is 2. The first-order valence-electron chi connectivity index (χ1n) is 8.95. The Morgan fingerprint density at radius 1 is 1.17 bits per heavy atom. The molecule has 1 amide bonds. The Labute approximate surface area is 176 Å². The van der Waals surface area contributed by atoms with Gasteiger partial charge in [-0.25, -0.2) is 8.42 Å². The van der Waals surface area contributed by atoms with Gasteiger partial charge in [-0.05, 0) is 55.8 Å². The van der Waals surface area contributed by atoms with Crippen molar-refractivity contribution in [3.63, 3.8) is 0 Å². The number of halogens is 1. The van der Waals surface area contributed by atoms with E-state index in [9.17, 15) is 13.2 Å². The zero-order chi connectivity index (χ0) is 21.6. The molecule has 158 valence electrons. The van der Waals surface area contributed by atoms with Crippen LogP contribution in [0.5, 0.6) is 11.5 Å². The van der Waals surface area contributed by atoms with E-state index in [-0.39, 0.29) is 5.91 Å². The van der Waals surface area contributed by atoms with E-state index in [2.05, 4.69) is 5.32 Å². The van der Waals surface area contributed by atoms with Gasteiger partial charge in [0.15, 0.2) is 6.10 Å². The van der Waals surface area contributed by atoms with E-state index in [4.69, 9.17) is 21.1 Å². The molecule has 1 N–H and O–H groups in total. The maximum Gasteiger partial charge on any atom is 0.260 e. The number of carbonyl (C=O) groups excluding carboxylic acids is 1. The fourth-order valence-electron chi connectivity index (χ4n) is 2.33. The number of amides is 1. The average molecular weight is 441 g/mol. The number of hydrogen-bond acceptors (Lipinski definition) is 5. The fourth-order valence-corrected chi connectivity index (χ4v) is 3.01. The van der Waals surface area contributed by atoms with Crippen LogP contribution in [0.3, 0.4) is 0 Å². The molecule has 1 atom stereocenters. The molecule has 7 nitrogen and oxygen atoms in total. The monoisotopic (exact) mass is 440 g/mol. The molecule has 0 aliphatic carbocycles. The number of sulfonamides is 1. The van der Waals surface area contributed by atoms with Gasteiger partial charge in [0.2, 0.25) is 10.0 Å². The standard InChI is InChI=1S/C20H25ClN2O5S/c1-14-5-8-18(13-19(14)21)27-12-11-22-20(24)15(2)28-17-9-6-16(7-10-17)23(3)29(4,25)26/h5-10,13,15H,11-12H2,1-4H3,(H,22,24). The summed E-state index contributed by atoms with van der Waals surface area (Å²) in [7, 11) is -1.87. The Hall–Kier alpha value is -2.45. The van der Waals surface area contributed by atoms with Crippen molar-refractivity contribution in [1.82, 2.24) is 5.32 Å². The molecule has 0 aliphatic rings. The van der Waals surface area contributed by atoms with Crippen molar-refractivity contribution >= 4 is 33.2 Å². The van der Waals surface area contributed by atoms with Gasteiger partial charge in [-0.1, -0.05) is 17.7 Å². The number of nitrogens with zero attached hydrogens (tertiary/aromatic N) is 1. The van der Waals surface area contributed by atoms with E-state index >= 15 is 0 Å². The zero-order valence-corrected chi connectivity index (χ0v) is 18.4. The Morgan fingerprint density at radius 2 is 1.79 bits per heavy atom. The molecule has 0 aliphatic heterocycles. The molecular formula is C20H25ClN2O5S. The summed E-state index contributed by atoms with van der Waals surface area (Å²) in [6, 6.07) is 11.9. The summed E-state index contributed by atoms with van der Waals surface area (Å²) in [5.74, 6) is 0.815. The molecule has 2 rings (SSSR count). The topological polar surface area (TPSA) is 84.9 Å². The first-order valence-corrected chi connectivity index (χ1v) is 11.2. The Morgan fingerprint density at radius 3 is 2.38 bits per heavy atom. The molecular weight excluding hydrogens is 416 g/mol. The highest BCUT2D eigenvalue weighted by Gasteiger charge is 2.15. The molecule has 0 radical (unpaired) electrons. The minimum atomic E-state index is -3.33. The maximum absolute atomic E-state index is 12.2. The summed E-state index contributed by atoms with van der Waals surface area (Å²) in [4.78, 5) is 12.2. The van der Waals surface area contributed by atoms with Crippen molar-refractivity contribution in [1.29, 1.82) is 0 Å². The van der Waals surface area contributed by atoms with Crippen LogP contribution in [0.15, 0.2) is 42.5 Å². The first kappa shape index (κ1) is 22.8. The first-order chi connectivity index (χ1) is 13.6. The molecule has 0 heterocycles. The van der Waals surface area contributed by atoms with Crippen molar-refractivity contribution in [2.45, 2.75) is 20.0 Å². The Kier molecular flexibility index (Phi) is 7.75. The number of aryl methyl sites for hydroxylation is 1. The van der Waals surface area contributed by atoms with Gasteiger partial charge in [0.05, 0.1) is 18.5 Å². The van der Waals surface area contributed by atoms with Gasteiger partial charge >= 0.3 is 0 Å². The third kappa shape index (κ3) is 6.83. The van der Waals surface area contributed by atoms with Gasteiger partial charge in [0, 0.05) is 12.1 Å². The molecule has 0 fully saturated rings. The lowest BCUT2D eigenvalue weighted by molar-refractivity contribution is -0.127. The zero-order valence-electron chi connectivity index (χ0n) is 16.8. The SMILES string of the molecule is Cc1ccc(OCCNC(=O)C(C)Oc2ccc(N(C)S(C)(=O)=O)cc2)cc1Cl. The number of hydrogen-bond donors (Lipinski definition) is 1. The average Bonchev–Trinajstić information content (AvgIpc) is 2.67. The number of nitrogens with one attached hydrogen (secondary N) is 1. The molecule has 0 aromatic heterocycles. The largest absolute Gasteiger partial charge is 0.492 e. The second-order valence-corrected chi connectivity index (χ2v) is 8.96. The number of benzene rings is 2. The van der Waals surface area contributed by atoms with Crippen LogP contribution in [0, 0.1) is 6.92 Å². The van der Waals surface area contributed by atoms with E-state index < -0.39 is 16.1 Å². The Balaban J connectivity index is 1.79. The highest BCUT2D eigenvalue weighted by molar-refractivity contribution is 7.92. The van der Waals surface area contributed by atoms with Crippen molar-refractivity contribution < 1.29 is 22.7 Å². The summed E-state index contributed by atoms with van der Waals surface area (Å²) in [5, 5.41) is 3.37. The van der Waals surface area contributed by atoms with E-state index in [1.165, 1.54) is 7.05 Å². The van der Waals surface area contributed by atoms with Crippen LogP contribution in [-0.2, 0) is 14.8 Å². The van der Waals surface area contributed by atoms with Crippen molar-refractivity contribution in [3.8, 4) is 11.5 Å². The van der Waals surface area contributed by atoms with Gasteiger partial charge in [-0.3, -0.25) is 9.10 Å². The van der Waals surface area contributed by atoms with Crippen LogP contribution in [0.2, 0.25) is 5.02 Å². The van der Waals surface area contributed by atoms with Crippen molar-refractivity contribution in [3.05, 3.63) is 53.1 Å². The number of anilines is 1. The summed E-state index contributed by atoms with van der Waals surface area (Å²) < 4.78 is 35.4. The predicted molar refractivity (Wildman–Crippen MR) is 114 cm³/mol. The third-order valence-corrected chi connectivity index (χ3v) is 5.81. The minimum Gasteiger partial charge on any atom is -0.492 e. The van der Waals surface area contributed by atoms with E-state index in [0.29, 0.717) is 35.4 Å². The molecule has 0 spiro atoms.